The standard InChI is InChI=1S/C14H23N3S2/c1-5-14(10-15,17-11(2)3)7-6-8-18-13-16-12(4)9-19-13/h9,11,17H,5-8H2,1-4H3. The van der Waals surface area contributed by atoms with E-state index < -0.39 is 0 Å². The fourth-order valence-electron chi connectivity index (χ4n) is 2.00. The zero-order valence-corrected chi connectivity index (χ0v) is 13.8. The van der Waals surface area contributed by atoms with Crippen LogP contribution in [0.3, 0.4) is 0 Å². The van der Waals surface area contributed by atoms with E-state index in [1.54, 1.807) is 23.1 Å². The molecule has 3 nitrogen and oxygen atoms in total. The van der Waals surface area contributed by atoms with Gasteiger partial charge in [0.15, 0.2) is 0 Å². The van der Waals surface area contributed by atoms with Gasteiger partial charge in [-0.1, -0.05) is 18.7 Å². The smallest absolute Gasteiger partial charge is 0.150 e. The van der Waals surface area contributed by atoms with Crippen molar-refractivity contribution >= 4 is 23.1 Å². The third kappa shape index (κ3) is 5.52. The van der Waals surface area contributed by atoms with Crippen LogP contribution < -0.4 is 5.32 Å². The maximum absolute atomic E-state index is 9.42. The monoisotopic (exact) mass is 297 g/mol. The minimum absolute atomic E-state index is 0.342. The number of rotatable bonds is 8. The molecule has 5 heteroatoms. The lowest BCUT2D eigenvalue weighted by molar-refractivity contribution is 0.341. The number of thioether (sulfide) groups is 1. The van der Waals surface area contributed by atoms with Gasteiger partial charge < -0.3 is 0 Å². The molecule has 1 rings (SSSR count). The Kier molecular flexibility index (Phi) is 6.84. The predicted octanol–water partition coefficient (Wildman–Crippen LogP) is 3.99. The molecule has 0 bridgehead atoms. The van der Waals surface area contributed by atoms with Crippen molar-refractivity contribution in [3.8, 4) is 6.07 Å². The van der Waals surface area contributed by atoms with Crippen molar-refractivity contribution < 1.29 is 0 Å². The molecule has 0 aromatic carbocycles. The van der Waals surface area contributed by atoms with Crippen molar-refractivity contribution in [2.75, 3.05) is 5.75 Å². The molecule has 1 aromatic rings. The molecule has 0 amide bonds. The fourth-order valence-corrected chi connectivity index (χ4v) is 3.86. The average Bonchev–Trinajstić information content (AvgIpc) is 2.78. The molecule has 0 saturated carbocycles. The molecule has 0 aliphatic heterocycles. The highest BCUT2D eigenvalue weighted by Crippen LogP contribution is 2.25. The lowest BCUT2D eigenvalue weighted by Gasteiger charge is -2.29. The third-order valence-electron chi connectivity index (χ3n) is 2.95. The summed E-state index contributed by atoms with van der Waals surface area (Å²) in [6, 6.07) is 2.81. The molecule has 0 radical (unpaired) electrons. The van der Waals surface area contributed by atoms with E-state index in [4.69, 9.17) is 0 Å². The first-order chi connectivity index (χ1) is 9.01. The second-order valence-electron chi connectivity index (χ2n) is 5.05. The van der Waals surface area contributed by atoms with Crippen molar-refractivity contribution in [1.82, 2.24) is 10.3 Å². The summed E-state index contributed by atoms with van der Waals surface area (Å²) in [5, 5.41) is 14.9. The summed E-state index contributed by atoms with van der Waals surface area (Å²) in [4.78, 5) is 4.43. The van der Waals surface area contributed by atoms with E-state index in [1.807, 2.05) is 6.92 Å². The SMILES string of the molecule is CCC(C#N)(CCCSc1nc(C)cs1)NC(C)C. The zero-order valence-electron chi connectivity index (χ0n) is 12.2. The summed E-state index contributed by atoms with van der Waals surface area (Å²) in [6.07, 6.45) is 2.78. The predicted molar refractivity (Wildman–Crippen MR) is 83.7 cm³/mol. The zero-order chi connectivity index (χ0) is 14.3. The second kappa shape index (κ2) is 7.88. The van der Waals surface area contributed by atoms with Gasteiger partial charge in [-0.05, 0) is 40.0 Å². The lowest BCUT2D eigenvalue weighted by Crippen LogP contribution is -2.47. The van der Waals surface area contributed by atoms with Gasteiger partial charge in [0.05, 0.1) is 6.07 Å². The van der Waals surface area contributed by atoms with Crippen LogP contribution in [0.5, 0.6) is 0 Å². The Hall–Kier alpha value is -0.570. The van der Waals surface area contributed by atoms with Gasteiger partial charge in [0, 0.05) is 22.9 Å². The van der Waals surface area contributed by atoms with Crippen LogP contribution in [0.2, 0.25) is 0 Å². The normalized spacial score (nSPS) is 14.3. The Bertz CT molecular complexity index is 423. The molecule has 0 spiro atoms. The molecule has 106 valence electrons. The van der Waals surface area contributed by atoms with Gasteiger partial charge in [-0.15, -0.1) is 11.3 Å². The summed E-state index contributed by atoms with van der Waals surface area (Å²) in [6.45, 7) is 8.28. The molecule has 1 atom stereocenters. The molecule has 1 N–H and O–H groups in total. The number of thiazole rings is 1. The van der Waals surface area contributed by atoms with E-state index in [0.717, 1.165) is 35.0 Å². The second-order valence-corrected chi connectivity index (χ2v) is 7.25. The number of nitriles is 1. The summed E-state index contributed by atoms with van der Waals surface area (Å²) in [7, 11) is 0. The molecule has 0 aliphatic rings. The Morgan fingerprint density at radius 3 is 2.79 bits per heavy atom. The third-order valence-corrected chi connectivity index (χ3v) is 5.18. The van der Waals surface area contributed by atoms with E-state index in [0.29, 0.717) is 6.04 Å². The molecular weight excluding hydrogens is 274 g/mol. The topological polar surface area (TPSA) is 48.7 Å². The van der Waals surface area contributed by atoms with Gasteiger partial charge in [0.1, 0.15) is 9.88 Å². The molecule has 19 heavy (non-hydrogen) atoms. The van der Waals surface area contributed by atoms with E-state index in [1.165, 1.54) is 0 Å². The maximum Gasteiger partial charge on any atom is 0.150 e. The van der Waals surface area contributed by atoms with Crippen LogP contribution in [0.25, 0.3) is 0 Å². The number of nitrogens with one attached hydrogen (secondary N) is 1. The van der Waals surface area contributed by atoms with Gasteiger partial charge in [-0.2, -0.15) is 5.26 Å². The van der Waals surface area contributed by atoms with Crippen LogP contribution >= 0.6 is 23.1 Å². The number of aryl methyl sites for hydroxylation is 1. The first kappa shape index (κ1) is 16.5. The minimum atomic E-state index is -0.368. The number of aromatic nitrogens is 1. The summed E-state index contributed by atoms with van der Waals surface area (Å²) < 4.78 is 1.13. The highest BCUT2D eigenvalue weighted by Gasteiger charge is 2.27. The van der Waals surface area contributed by atoms with Crippen molar-refractivity contribution in [2.45, 2.75) is 62.9 Å². The number of nitrogens with zero attached hydrogens (tertiary/aromatic N) is 2. The Morgan fingerprint density at radius 2 is 2.32 bits per heavy atom. The van der Waals surface area contributed by atoms with Gasteiger partial charge >= 0.3 is 0 Å². The average molecular weight is 297 g/mol. The van der Waals surface area contributed by atoms with E-state index in [2.05, 4.69) is 42.5 Å². The van der Waals surface area contributed by atoms with Gasteiger partial charge in [0.2, 0.25) is 0 Å². The van der Waals surface area contributed by atoms with Crippen LogP contribution in [-0.2, 0) is 0 Å². The maximum atomic E-state index is 9.42. The quantitative estimate of drug-likeness (QED) is 0.582. The van der Waals surface area contributed by atoms with Crippen LogP contribution in [0.15, 0.2) is 9.72 Å². The van der Waals surface area contributed by atoms with Crippen molar-refractivity contribution in [3.63, 3.8) is 0 Å². The molecule has 1 unspecified atom stereocenters. The number of hydrogen-bond donors (Lipinski definition) is 1. The fraction of sp³-hybridized carbons (Fsp3) is 0.714. The van der Waals surface area contributed by atoms with Crippen LogP contribution in [0.4, 0.5) is 0 Å². The van der Waals surface area contributed by atoms with Gasteiger partial charge in [-0.3, -0.25) is 5.32 Å². The molecule has 0 fully saturated rings. The summed E-state index contributed by atoms with van der Waals surface area (Å²) >= 11 is 3.49. The van der Waals surface area contributed by atoms with Gasteiger partial charge in [-0.25, -0.2) is 4.98 Å². The summed E-state index contributed by atoms with van der Waals surface area (Å²) in [5.74, 6) is 1.02. The Balaban J connectivity index is 2.38. The number of hydrogen-bond acceptors (Lipinski definition) is 5. The summed E-state index contributed by atoms with van der Waals surface area (Å²) in [5.41, 5.74) is 0.724. The largest absolute Gasteiger partial charge is 0.297 e. The molecule has 1 heterocycles. The van der Waals surface area contributed by atoms with E-state index in [9.17, 15) is 5.26 Å². The Labute approximate surface area is 124 Å². The minimum Gasteiger partial charge on any atom is -0.297 e. The molecular formula is C14H23N3S2. The van der Waals surface area contributed by atoms with E-state index >= 15 is 0 Å². The van der Waals surface area contributed by atoms with Crippen LogP contribution in [0.1, 0.15) is 45.7 Å². The molecule has 0 saturated heterocycles. The van der Waals surface area contributed by atoms with Crippen molar-refractivity contribution in [3.05, 3.63) is 11.1 Å². The molecule has 0 aliphatic carbocycles. The van der Waals surface area contributed by atoms with Crippen LogP contribution in [0, 0.1) is 18.3 Å². The first-order valence-electron chi connectivity index (χ1n) is 6.75. The van der Waals surface area contributed by atoms with Crippen molar-refractivity contribution in [1.29, 1.82) is 5.26 Å². The Morgan fingerprint density at radius 1 is 1.58 bits per heavy atom. The van der Waals surface area contributed by atoms with Crippen molar-refractivity contribution in [2.24, 2.45) is 0 Å². The van der Waals surface area contributed by atoms with E-state index in [-0.39, 0.29) is 5.54 Å². The lowest BCUT2D eigenvalue weighted by atomic mass is 9.91. The highest BCUT2D eigenvalue weighted by molar-refractivity contribution is 8.00. The van der Waals surface area contributed by atoms with Crippen LogP contribution in [-0.4, -0.2) is 22.3 Å². The molecule has 1 aromatic heterocycles. The highest BCUT2D eigenvalue weighted by atomic mass is 32.2. The first-order valence-corrected chi connectivity index (χ1v) is 8.61. The van der Waals surface area contributed by atoms with Gasteiger partial charge in [0.25, 0.3) is 0 Å².